The summed E-state index contributed by atoms with van der Waals surface area (Å²) >= 11 is 0. The van der Waals surface area contributed by atoms with E-state index in [0.717, 1.165) is 16.9 Å². The van der Waals surface area contributed by atoms with Crippen molar-refractivity contribution in [2.24, 2.45) is 0 Å². The molecule has 0 radical (unpaired) electrons. The highest BCUT2D eigenvalue weighted by atomic mass is 16.5. The number of nitrogens with zero attached hydrogens (tertiary/aromatic N) is 1. The number of ether oxygens (including phenoxy) is 1. The van der Waals surface area contributed by atoms with Gasteiger partial charge in [-0.25, -0.2) is 0 Å². The van der Waals surface area contributed by atoms with Crippen molar-refractivity contribution in [3.63, 3.8) is 0 Å². The van der Waals surface area contributed by atoms with Crippen molar-refractivity contribution in [2.75, 3.05) is 7.11 Å². The lowest BCUT2D eigenvalue weighted by molar-refractivity contribution is 0.400. The van der Waals surface area contributed by atoms with E-state index in [0.29, 0.717) is 5.69 Å². The molecule has 0 unspecified atom stereocenters. The molecule has 1 aromatic heterocycles. The summed E-state index contributed by atoms with van der Waals surface area (Å²) in [5.41, 5.74) is 2.46. The number of hydrogen-bond donors (Lipinski definition) is 2. The zero-order valence-corrected chi connectivity index (χ0v) is 8.61. The third kappa shape index (κ3) is 2.24. The second-order valence-electron chi connectivity index (χ2n) is 3.23. The highest BCUT2D eigenvalue weighted by Gasteiger charge is 2.15. The van der Waals surface area contributed by atoms with Gasteiger partial charge in [-0.15, -0.1) is 0 Å². The van der Waals surface area contributed by atoms with Crippen molar-refractivity contribution in [2.45, 2.75) is 20.2 Å². The smallest absolute Gasteiger partial charge is 0.457 e. The van der Waals surface area contributed by atoms with E-state index in [4.69, 9.17) is 14.8 Å². The van der Waals surface area contributed by atoms with Crippen LogP contribution >= 0.6 is 0 Å². The molecule has 0 atom stereocenters. The van der Waals surface area contributed by atoms with Crippen LogP contribution in [0.2, 0.25) is 0 Å². The third-order valence-electron chi connectivity index (χ3n) is 2.13. The van der Waals surface area contributed by atoms with Crippen molar-refractivity contribution >= 4 is 7.12 Å². The molecule has 1 aromatic rings. The van der Waals surface area contributed by atoms with E-state index in [1.165, 1.54) is 0 Å². The minimum absolute atomic E-state index is 0.127. The van der Waals surface area contributed by atoms with Crippen molar-refractivity contribution in [3.8, 4) is 5.75 Å². The molecule has 4 nitrogen and oxygen atoms in total. The standard InChI is InChI=1S/C9H14BNO3/c1-6-5-11-8(4-10(12)13)7(2)9(6)14-3/h5,12-13H,4H2,1-3H3. The molecule has 0 bridgehead atoms. The van der Waals surface area contributed by atoms with Gasteiger partial charge in [0.1, 0.15) is 5.75 Å². The summed E-state index contributed by atoms with van der Waals surface area (Å²) < 4.78 is 5.19. The lowest BCUT2D eigenvalue weighted by atomic mass is 9.83. The summed E-state index contributed by atoms with van der Waals surface area (Å²) in [5.74, 6) is 0.760. The average Bonchev–Trinajstić information content (AvgIpc) is 2.10. The van der Waals surface area contributed by atoms with Gasteiger partial charge in [0.05, 0.1) is 7.11 Å². The Kier molecular flexibility index (Phi) is 3.49. The van der Waals surface area contributed by atoms with E-state index in [9.17, 15) is 0 Å². The molecule has 0 saturated carbocycles. The van der Waals surface area contributed by atoms with E-state index in [-0.39, 0.29) is 6.32 Å². The molecular formula is C9H14BNO3. The van der Waals surface area contributed by atoms with Gasteiger partial charge < -0.3 is 14.8 Å². The maximum absolute atomic E-state index is 8.84. The fourth-order valence-corrected chi connectivity index (χ4v) is 1.45. The van der Waals surface area contributed by atoms with E-state index >= 15 is 0 Å². The molecule has 0 spiro atoms. The van der Waals surface area contributed by atoms with E-state index in [1.807, 2.05) is 13.8 Å². The Balaban J connectivity index is 3.08. The van der Waals surface area contributed by atoms with Crippen LogP contribution in [-0.4, -0.2) is 29.3 Å². The molecule has 0 aliphatic carbocycles. The van der Waals surface area contributed by atoms with Gasteiger partial charge in [0.15, 0.2) is 0 Å². The molecular weight excluding hydrogens is 181 g/mol. The molecule has 2 N–H and O–H groups in total. The first-order chi connectivity index (χ1) is 6.56. The molecule has 14 heavy (non-hydrogen) atoms. The third-order valence-corrected chi connectivity index (χ3v) is 2.13. The summed E-state index contributed by atoms with van der Waals surface area (Å²) in [6.45, 7) is 3.76. The van der Waals surface area contributed by atoms with Crippen molar-refractivity contribution < 1.29 is 14.8 Å². The summed E-state index contributed by atoms with van der Waals surface area (Å²) in [4.78, 5) is 4.13. The second kappa shape index (κ2) is 4.44. The normalized spacial score (nSPS) is 10.1. The minimum atomic E-state index is -1.37. The first-order valence-corrected chi connectivity index (χ1v) is 4.41. The largest absolute Gasteiger partial charge is 0.496 e. The topological polar surface area (TPSA) is 62.6 Å². The van der Waals surface area contributed by atoms with Crippen LogP contribution in [0.15, 0.2) is 6.20 Å². The highest BCUT2D eigenvalue weighted by molar-refractivity contribution is 6.40. The number of aromatic nitrogens is 1. The maximum atomic E-state index is 8.84. The average molecular weight is 195 g/mol. The zero-order chi connectivity index (χ0) is 10.7. The van der Waals surface area contributed by atoms with E-state index in [2.05, 4.69) is 4.98 Å². The number of rotatable bonds is 3. The van der Waals surface area contributed by atoms with Gasteiger partial charge in [0.2, 0.25) is 0 Å². The first-order valence-electron chi connectivity index (χ1n) is 4.41. The molecule has 0 saturated heterocycles. The van der Waals surface area contributed by atoms with Gasteiger partial charge in [0, 0.05) is 29.3 Å². The minimum Gasteiger partial charge on any atom is -0.496 e. The monoisotopic (exact) mass is 195 g/mol. The van der Waals surface area contributed by atoms with Gasteiger partial charge in [-0.1, -0.05) is 0 Å². The van der Waals surface area contributed by atoms with Crippen LogP contribution in [0.25, 0.3) is 0 Å². The van der Waals surface area contributed by atoms with Crippen LogP contribution in [0, 0.1) is 13.8 Å². The summed E-state index contributed by atoms with van der Waals surface area (Å²) in [5, 5.41) is 17.7. The van der Waals surface area contributed by atoms with Crippen molar-refractivity contribution in [3.05, 3.63) is 23.0 Å². The van der Waals surface area contributed by atoms with Gasteiger partial charge in [0.25, 0.3) is 0 Å². The Morgan fingerprint density at radius 1 is 1.43 bits per heavy atom. The molecule has 1 rings (SSSR count). The number of pyridine rings is 1. The van der Waals surface area contributed by atoms with Gasteiger partial charge in [-0.3, -0.25) is 4.98 Å². The Morgan fingerprint density at radius 2 is 2.07 bits per heavy atom. The first kappa shape index (κ1) is 11.0. The Labute approximate surface area is 83.7 Å². The van der Waals surface area contributed by atoms with Crippen molar-refractivity contribution in [1.82, 2.24) is 4.98 Å². The maximum Gasteiger partial charge on any atom is 0.457 e. The Hall–Kier alpha value is -1.07. The van der Waals surface area contributed by atoms with E-state index in [1.54, 1.807) is 13.3 Å². The molecule has 76 valence electrons. The number of hydrogen-bond acceptors (Lipinski definition) is 4. The molecule has 0 aromatic carbocycles. The number of methoxy groups -OCH3 is 1. The summed E-state index contributed by atoms with van der Waals surface area (Å²) in [6.07, 6.45) is 1.80. The SMILES string of the molecule is COc1c(C)cnc(CB(O)O)c1C. The molecule has 5 heteroatoms. The molecule has 1 heterocycles. The Bertz CT molecular complexity index is 328. The second-order valence-corrected chi connectivity index (χ2v) is 3.23. The van der Waals surface area contributed by atoms with E-state index < -0.39 is 7.12 Å². The number of aryl methyl sites for hydroxylation is 1. The molecule has 0 fully saturated rings. The van der Waals surface area contributed by atoms with Crippen LogP contribution in [0.3, 0.4) is 0 Å². The predicted octanol–water partition coefficient (Wildman–Crippen LogP) is 0.262. The molecule has 0 amide bonds. The highest BCUT2D eigenvalue weighted by Crippen LogP contribution is 2.24. The van der Waals surface area contributed by atoms with Crippen LogP contribution < -0.4 is 4.74 Å². The summed E-state index contributed by atoms with van der Waals surface area (Å²) in [7, 11) is 0.225. The quantitative estimate of drug-likeness (QED) is 0.679. The van der Waals surface area contributed by atoms with Gasteiger partial charge in [-0.2, -0.15) is 0 Å². The lowest BCUT2D eigenvalue weighted by Crippen LogP contribution is -2.17. The molecule has 0 aliphatic rings. The van der Waals surface area contributed by atoms with Crippen molar-refractivity contribution in [1.29, 1.82) is 0 Å². The fourth-order valence-electron chi connectivity index (χ4n) is 1.45. The fraction of sp³-hybridized carbons (Fsp3) is 0.444. The van der Waals surface area contributed by atoms with Gasteiger partial charge >= 0.3 is 7.12 Å². The predicted molar refractivity (Wildman–Crippen MR) is 54.2 cm³/mol. The summed E-state index contributed by atoms with van der Waals surface area (Å²) in [6, 6.07) is 0. The Morgan fingerprint density at radius 3 is 2.57 bits per heavy atom. The van der Waals surface area contributed by atoms with Crippen LogP contribution in [0.5, 0.6) is 5.75 Å². The van der Waals surface area contributed by atoms with Crippen LogP contribution in [-0.2, 0) is 6.32 Å². The zero-order valence-electron chi connectivity index (χ0n) is 8.61. The van der Waals surface area contributed by atoms with Gasteiger partial charge in [-0.05, 0) is 13.8 Å². The molecule has 0 aliphatic heterocycles. The van der Waals surface area contributed by atoms with Crippen LogP contribution in [0.4, 0.5) is 0 Å². The lowest BCUT2D eigenvalue weighted by Gasteiger charge is -2.11. The van der Waals surface area contributed by atoms with Crippen LogP contribution in [0.1, 0.15) is 16.8 Å².